The summed E-state index contributed by atoms with van der Waals surface area (Å²) in [7, 11) is 3.36. The Morgan fingerprint density at radius 1 is 1.06 bits per heavy atom. The quantitative estimate of drug-likeness (QED) is 0.702. The van der Waals surface area contributed by atoms with E-state index < -0.39 is 0 Å². The SMILES string of the molecule is CO[C@H]1CN(C)C(=O)c2ccc(NC(=O)C3CC3)cc2OC[C@@H](C)N(C(=O)c2ccccc2)C[C@@H]1C. The number of benzene rings is 2. The molecule has 8 nitrogen and oxygen atoms in total. The van der Waals surface area contributed by atoms with Crippen LogP contribution in [-0.4, -0.2) is 73.5 Å². The number of hydrogen-bond acceptors (Lipinski definition) is 5. The van der Waals surface area contributed by atoms with Crippen molar-refractivity contribution >= 4 is 23.4 Å². The van der Waals surface area contributed by atoms with Crippen LogP contribution in [0.5, 0.6) is 5.75 Å². The number of carbonyl (C=O) groups excluding carboxylic acids is 3. The minimum Gasteiger partial charge on any atom is -0.491 e. The molecule has 2 aliphatic rings. The molecule has 1 saturated carbocycles. The van der Waals surface area contributed by atoms with E-state index in [1.807, 2.05) is 36.9 Å². The first-order valence-electron chi connectivity index (χ1n) is 12.5. The summed E-state index contributed by atoms with van der Waals surface area (Å²) in [6, 6.07) is 14.0. The molecule has 1 aliphatic heterocycles. The number of amides is 3. The van der Waals surface area contributed by atoms with Crippen molar-refractivity contribution in [2.45, 2.75) is 38.8 Å². The van der Waals surface area contributed by atoms with Gasteiger partial charge in [0, 0.05) is 56.4 Å². The van der Waals surface area contributed by atoms with Crippen molar-refractivity contribution in [1.29, 1.82) is 0 Å². The van der Waals surface area contributed by atoms with Gasteiger partial charge in [0.1, 0.15) is 12.4 Å². The van der Waals surface area contributed by atoms with Gasteiger partial charge in [-0.3, -0.25) is 14.4 Å². The van der Waals surface area contributed by atoms with Crippen LogP contribution in [0, 0.1) is 11.8 Å². The van der Waals surface area contributed by atoms with Gasteiger partial charge >= 0.3 is 0 Å². The van der Waals surface area contributed by atoms with Crippen LogP contribution in [0.15, 0.2) is 48.5 Å². The summed E-state index contributed by atoms with van der Waals surface area (Å²) >= 11 is 0. The Labute approximate surface area is 212 Å². The second-order valence-corrected chi connectivity index (χ2v) is 9.90. The number of anilines is 1. The predicted molar refractivity (Wildman–Crippen MR) is 137 cm³/mol. The molecule has 0 bridgehead atoms. The minimum atomic E-state index is -0.275. The average Bonchev–Trinajstić information content (AvgIpc) is 3.74. The van der Waals surface area contributed by atoms with Gasteiger partial charge in [0.15, 0.2) is 0 Å². The van der Waals surface area contributed by atoms with Crippen LogP contribution in [0.25, 0.3) is 0 Å². The van der Waals surface area contributed by atoms with E-state index in [0.717, 1.165) is 12.8 Å². The fraction of sp³-hybridized carbons (Fsp3) is 0.464. The molecule has 1 heterocycles. The minimum absolute atomic E-state index is 0.0172. The van der Waals surface area contributed by atoms with E-state index in [9.17, 15) is 14.4 Å². The number of hydrogen-bond donors (Lipinski definition) is 1. The molecule has 3 amide bonds. The van der Waals surface area contributed by atoms with Crippen LogP contribution in [0.1, 0.15) is 47.4 Å². The lowest BCUT2D eigenvalue weighted by Gasteiger charge is -2.36. The molecule has 2 aromatic rings. The predicted octanol–water partition coefficient (Wildman–Crippen LogP) is 3.68. The standard InChI is InChI=1S/C28H35N3O5/c1-18-15-31(27(33)21-8-6-5-7-9-21)19(2)17-36-24-14-22(29-26(32)20-10-11-20)12-13-23(24)28(34)30(3)16-25(18)35-4/h5-9,12-14,18-20,25H,10-11,15-17H2,1-4H3,(H,29,32)/t18-,19+,25-/m0/s1. The van der Waals surface area contributed by atoms with Crippen molar-refractivity contribution < 1.29 is 23.9 Å². The molecule has 2 aromatic carbocycles. The molecular weight excluding hydrogens is 458 g/mol. The highest BCUT2D eigenvalue weighted by atomic mass is 16.5. The highest BCUT2D eigenvalue weighted by Gasteiger charge is 2.32. The van der Waals surface area contributed by atoms with Gasteiger partial charge in [0.2, 0.25) is 5.91 Å². The molecule has 3 atom stereocenters. The van der Waals surface area contributed by atoms with E-state index >= 15 is 0 Å². The van der Waals surface area contributed by atoms with E-state index in [1.165, 1.54) is 0 Å². The van der Waals surface area contributed by atoms with Crippen LogP contribution in [-0.2, 0) is 9.53 Å². The molecule has 192 valence electrons. The summed E-state index contributed by atoms with van der Waals surface area (Å²) in [6.45, 7) is 4.96. The first-order chi connectivity index (χ1) is 17.3. The second-order valence-electron chi connectivity index (χ2n) is 9.90. The number of nitrogens with one attached hydrogen (secondary N) is 1. The summed E-state index contributed by atoms with van der Waals surface area (Å²) in [5, 5.41) is 2.92. The Hall–Kier alpha value is -3.39. The maximum absolute atomic E-state index is 13.5. The van der Waals surface area contributed by atoms with Gasteiger partial charge in [-0.15, -0.1) is 0 Å². The monoisotopic (exact) mass is 493 g/mol. The number of fused-ring (bicyclic) bond motifs is 1. The molecule has 8 heteroatoms. The molecule has 0 aromatic heterocycles. The third-order valence-electron chi connectivity index (χ3n) is 6.94. The van der Waals surface area contributed by atoms with Gasteiger partial charge in [-0.1, -0.05) is 25.1 Å². The summed E-state index contributed by atoms with van der Waals surface area (Å²) in [4.78, 5) is 42.6. The van der Waals surface area contributed by atoms with E-state index in [-0.39, 0.29) is 48.3 Å². The Bertz CT molecular complexity index is 1100. The lowest BCUT2D eigenvalue weighted by Crippen LogP contribution is -2.48. The van der Waals surface area contributed by atoms with Gasteiger partial charge in [0.25, 0.3) is 11.8 Å². The fourth-order valence-electron chi connectivity index (χ4n) is 4.47. The van der Waals surface area contributed by atoms with Crippen molar-refractivity contribution in [2.75, 3.05) is 39.2 Å². The Kier molecular flexibility index (Phi) is 7.94. The molecule has 1 aliphatic carbocycles. The third kappa shape index (κ3) is 5.87. The largest absolute Gasteiger partial charge is 0.491 e. The molecule has 0 spiro atoms. The Balaban J connectivity index is 1.66. The molecular formula is C28H35N3O5. The molecule has 36 heavy (non-hydrogen) atoms. The van der Waals surface area contributed by atoms with Gasteiger partial charge in [-0.05, 0) is 44.0 Å². The van der Waals surface area contributed by atoms with E-state index in [2.05, 4.69) is 5.32 Å². The zero-order chi connectivity index (χ0) is 25.8. The number of likely N-dealkylation sites (N-methyl/N-ethyl adjacent to an activating group) is 1. The lowest BCUT2D eigenvalue weighted by molar-refractivity contribution is -0.117. The topological polar surface area (TPSA) is 88.2 Å². The van der Waals surface area contributed by atoms with Crippen LogP contribution >= 0.6 is 0 Å². The maximum atomic E-state index is 13.5. The molecule has 0 unspecified atom stereocenters. The summed E-state index contributed by atoms with van der Waals surface area (Å²) in [6.07, 6.45) is 1.54. The van der Waals surface area contributed by atoms with E-state index in [4.69, 9.17) is 9.47 Å². The van der Waals surface area contributed by atoms with E-state index in [1.54, 1.807) is 49.4 Å². The lowest BCUT2D eigenvalue weighted by atomic mass is 10.0. The number of methoxy groups -OCH3 is 1. The molecule has 0 radical (unpaired) electrons. The van der Waals surface area contributed by atoms with Crippen molar-refractivity contribution in [3.05, 3.63) is 59.7 Å². The number of nitrogens with zero attached hydrogens (tertiary/aromatic N) is 2. The van der Waals surface area contributed by atoms with Crippen LogP contribution in [0.4, 0.5) is 5.69 Å². The van der Waals surface area contributed by atoms with Gasteiger partial charge < -0.3 is 24.6 Å². The Morgan fingerprint density at radius 3 is 2.44 bits per heavy atom. The Morgan fingerprint density at radius 2 is 1.78 bits per heavy atom. The maximum Gasteiger partial charge on any atom is 0.257 e. The van der Waals surface area contributed by atoms with Crippen molar-refractivity contribution in [2.24, 2.45) is 11.8 Å². The highest BCUT2D eigenvalue weighted by molar-refractivity contribution is 5.99. The van der Waals surface area contributed by atoms with Crippen molar-refractivity contribution in [1.82, 2.24) is 9.80 Å². The number of ether oxygens (including phenoxy) is 2. The van der Waals surface area contributed by atoms with Gasteiger partial charge in [0.05, 0.1) is 17.7 Å². The smallest absolute Gasteiger partial charge is 0.257 e. The summed E-state index contributed by atoms with van der Waals surface area (Å²) < 4.78 is 11.9. The first kappa shape index (κ1) is 25.7. The normalized spacial score (nSPS) is 23.1. The fourth-order valence-corrected chi connectivity index (χ4v) is 4.47. The number of carbonyl (C=O) groups is 3. The zero-order valence-electron chi connectivity index (χ0n) is 21.4. The summed E-state index contributed by atoms with van der Waals surface area (Å²) in [5.74, 6) is 0.119. The van der Waals surface area contributed by atoms with E-state index in [0.29, 0.717) is 35.7 Å². The van der Waals surface area contributed by atoms with Crippen LogP contribution in [0.3, 0.4) is 0 Å². The van der Waals surface area contributed by atoms with Crippen LogP contribution in [0.2, 0.25) is 0 Å². The molecule has 1 fully saturated rings. The molecule has 1 N–H and O–H groups in total. The highest BCUT2D eigenvalue weighted by Crippen LogP contribution is 2.32. The third-order valence-corrected chi connectivity index (χ3v) is 6.94. The van der Waals surface area contributed by atoms with Gasteiger partial charge in [-0.2, -0.15) is 0 Å². The summed E-state index contributed by atoms with van der Waals surface area (Å²) in [5.41, 5.74) is 1.59. The number of rotatable bonds is 4. The molecule has 0 saturated heterocycles. The van der Waals surface area contributed by atoms with Gasteiger partial charge in [-0.25, -0.2) is 0 Å². The van der Waals surface area contributed by atoms with Crippen LogP contribution < -0.4 is 10.1 Å². The zero-order valence-corrected chi connectivity index (χ0v) is 21.4. The molecule has 4 rings (SSSR count). The van der Waals surface area contributed by atoms with Crippen molar-refractivity contribution in [3.63, 3.8) is 0 Å². The second kappa shape index (κ2) is 11.1. The first-order valence-corrected chi connectivity index (χ1v) is 12.5. The van der Waals surface area contributed by atoms with Crippen molar-refractivity contribution in [3.8, 4) is 5.75 Å². The average molecular weight is 494 g/mol.